The number of halogens is 1. The van der Waals surface area contributed by atoms with E-state index in [9.17, 15) is 14.9 Å². The predicted octanol–water partition coefficient (Wildman–Crippen LogP) is 4.60. The first kappa shape index (κ1) is 21.0. The molecule has 2 aliphatic rings. The third-order valence-electron chi connectivity index (χ3n) is 4.74. The second-order valence-corrected chi connectivity index (χ2v) is 9.18. The number of nitro groups is 1. The standard InChI is InChI=1S/C20H16BrN3O4S2/c21-14-1-3-15(4-2-14)23-19(25)18(30-20(23)29)12-13-11-16(24(26)27)5-6-17(13)22-7-9-28-10-8-22/h1-6,11-12H,7-10H2/b18-12-. The second kappa shape index (κ2) is 8.84. The van der Waals surface area contributed by atoms with E-state index in [4.69, 9.17) is 17.0 Å². The third kappa shape index (κ3) is 4.27. The number of nitro benzene ring substituents is 1. The maximum atomic E-state index is 13.1. The van der Waals surface area contributed by atoms with Crippen molar-refractivity contribution >= 4 is 73.3 Å². The molecule has 154 valence electrons. The molecule has 0 spiro atoms. The summed E-state index contributed by atoms with van der Waals surface area (Å²) in [5, 5.41) is 11.3. The largest absolute Gasteiger partial charge is 0.378 e. The topological polar surface area (TPSA) is 75.9 Å². The number of amides is 1. The van der Waals surface area contributed by atoms with E-state index in [0.29, 0.717) is 46.8 Å². The highest BCUT2D eigenvalue weighted by atomic mass is 79.9. The van der Waals surface area contributed by atoms with E-state index < -0.39 is 4.92 Å². The third-order valence-corrected chi connectivity index (χ3v) is 6.57. The van der Waals surface area contributed by atoms with E-state index >= 15 is 0 Å². The van der Waals surface area contributed by atoms with Crippen LogP contribution in [0.5, 0.6) is 0 Å². The summed E-state index contributed by atoms with van der Waals surface area (Å²) in [5.41, 5.74) is 2.10. The number of rotatable bonds is 4. The Morgan fingerprint density at radius 3 is 2.53 bits per heavy atom. The van der Waals surface area contributed by atoms with Crippen molar-refractivity contribution in [2.45, 2.75) is 0 Å². The first-order valence-corrected chi connectivity index (χ1v) is 11.1. The number of thiocarbonyl (C=S) groups is 1. The van der Waals surface area contributed by atoms with Crippen LogP contribution >= 0.6 is 39.9 Å². The molecule has 0 radical (unpaired) electrons. The van der Waals surface area contributed by atoms with Crippen LogP contribution in [0.1, 0.15) is 5.56 Å². The summed E-state index contributed by atoms with van der Waals surface area (Å²) >= 11 is 10.0. The summed E-state index contributed by atoms with van der Waals surface area (Å²) in [6, 6.07) is 12.0. The first-order valence-electron chi connectivity index (χ1n) is 9.09. The van der Waals surface area contributed by atoms with Crippen LogP contribution in [0.25, 0.3) is 6.08 Å². The molecule has 0 atom stereocenters. The lowest BCUT2D eigenvalue weighted by Crippen LogP contribution is -2.36. The van der Waals surface area contributed by atoms with E-state index in [1.165, 1.54) is 28.8 Å². The quantitative estimate of drug-likeness (QED) is 0.260. The first-order chi connectivity index (χ1) is 14.4. The molecular weight excluding hydrogens is 490 g/mol. The van der Waals surface area contributed by atoms with E-state index in [2.05, 4.69) is 20.8 Å². The fourth-order valence-corrected chi connectivity index (χ4v) is 4.84. The Labute approximate surface area is 191 Å². The number of benzene rings is 2. The average molecular weight is 506 g/mol. The highest BCUT2D eigenvalue weighted by Gasteiger charge is 2.33. The second-order valence-electron chi connectivity index (χ2n) is 6.59. The summed E-state index contributed by atoms with van der Waals surface area (Å²) in [6.45, 7) is 2.53. The number of hydrogen-bond acceptors (Lipinski definition) is 7. The molecule has 0 unspecified atom stereocenters. The average Bonchev–Trinajstić information content (AvgIpc) is 3.02. The number of non-ortho nitro benzene ring substituents is 1. The predicted molar refractivity (Wildman–Crippen MR) is 126 cm³/mol. The summed E-state index contributed by atoms with van der Waals surface area (Å²) in [5.74, 6) is -0.244. The Kier molecular flexibility index (Phi) is 6.19. The van der Waals surface area contributed by atoms with Crippen LogP contribution in [0.15, 0.2) is 51.8 Å². The van der Waals surface area contributed by atoms with Crippen molar-refractivity contribution < 1.29 is 14.5 Å². The van der Waals surface area contributed by atoms with Gasteiger partial charge in [-0.1, -0.05) is 39.9 Å². The van der Waals surface area contributed by atoms with Crippen LogP contribution in [0.4, 0.5) is 17.1 Å². The highest BCUT2D eigenvalue weighted by Crippen LogP contribution is 2.38. The molecule has 2 saturated heterocycles. The van der Waals surface area contributed by atoms with Gasteiger partial charge < -0.3 is 9.64 Å². The molecule has 2 aliphatic heterocycles. The van der Waals surface area contributed by atoms with Gasteiger partial charge in [-0.15, -0.1) is 0 Å². The molecular formula is C20H16BrN3O4S2. The number of anilines is 2. The molecule has 4 rings (SSSR count). The van der Waals surface area contributed by atoms with Crippen molar-refractivity contribution in [1.82, 2.24) is 0 Å². The monoisotopic (exact) mass is 505 g/mol. The lowest BCUT2D eigenvalue weighted by molar-refractivity contribution is -0.384. The lowest BCUT2D eigenvalue weighted by Gasteiger charge is -2.30. The normalized spacial score (nSPS) is 18.4. The molecule has 0 aromatic heterocycles. The smallest absolute Gasteiger partial charge is 0.270 e. The van der Waals surface area contributed by atoms with Crippen molar-refractivity contribution in [3.63, 3.8) is 0 Å². The molecule has 0 saturated carbocycles. The van der Waals surface area contributed by atoms with Crippen LogP contribution in [0, 0.1) is 10.1 Å². The molecule has 0 N–H and O–H groups in total. The molecule has 2 fully saturated rings. The zero-order chi connectivity index (χ0) is 21.3. The Morgan fingerprint density at radius 1 is 1.17 bits per heavy atom. The summed E-state index contributed by atoms with van der Waals surface area (Å²) in [6.07, 6.45) is 1.69. The minimum atomic E-state index is -0.437. The number of carbonyl (C=O) groups is 1. The number of nitrogens with zero attached hydrogens (tertiary/aromatic N) is 3. The van der Waals surface area contributed by atoms with Gasteiger partial charge in [-0.25, -0.2) is 0 Å². The van der Waals surface area contributed by atoms with Crippen LogP contribution < -0.4 is 9.80 Å². The molecule has 2 aromatic carbocycles. The van der Waals surface area contributed by atoms with Crippen molar-refractivity contribution in [2.24, 2.45) is 0 Å². The van der Waals surface area contributed by atoms with Gasteiger partial charge in [-0.2, -0.15) is 0 Å². The zero-order valence-electron chi connectivity index (χ0n) is 15.6. The molecule has 0 bridgehead atoms. The number of morpholine rings is 1. The van der Waals surface area contributed by atoms with E-state index in [0.717, 1.165) is 10.2 Å². The Bertz CT molecular complexity index is 1050. The fourth-order valence-electron chi connectivity index (χ4n) is 3.29. The van der Waals surface area contributed by atoms with Gasteiger partial charge in [0.25, 0.3) is 11.6 Å². The van der Waals surface area contributed by atoms with Crippen molar-refractivity contribution in [2.75, 3.05) is 36.1 Å². The fraction of sp³-hybridized carbons (Fsp3) is 0.200. The molecule has 0 aliphatic carbocycles. The van der Waals surface area contributed by atoms with Crippen LogP contribution in [0.2, 0.25) is 0 Å². The summed E-state index contributed by atoms with van der Waals surface area (Å²) < 4.78 is 6.73. The number of thioether (sulfide) groups is 1. The minimum Gasteiger partial charge on any atom is -0.378 e. The number of carbonyl (C=O) groups excluding carboxylic acids is 1. The van der Waals surface area contributed by atoms with Gasteiger partial charge in [0.2, 0.25) is 0 Å². The van der Waals surface area contributed by atoms with E-state index in [1.54, 1.807) is 12.1 Å². The zero-order valence-corrected chi connectivity index (χ0v) is 18.8. The molecule has 10 heteroatoms. The maximum absolute atomic E-state index is 13.1. The van der Waals surface area contributed by atoms with Crippen LogP contribution in [0.3, 0.4) is 0 Å². The van der Waals surface area contributed by atoms with Gasteiger partial charge in [-0.3, -0.25) is 19.8 Å². The Balaban J connectivity index is 1.71. The Hall–Kier alpha value is -2.27. The van der Waals surface area contributed by atoms with Gasteiger partial charge >= 0.3 is 0 Å². The molecule has 30 heavy (non-hydrogen) atoms. The molecule has 1 amide bonds. The van der Waals surface area contributed by atoms with Gasteiger partial charge in [0.15, 0.2) is 4.32 Å². The van der Waals surface area contributed by atoms with Gasteiger partial charge in [-0.05, 0) is 36.4 Å². The summed E-state index contributed by atoms with van der Waals surface area (Å²) in [7, 11) is 0. The highest BCUT2D eigenvalue weighted by molar-refractivity contribution is 9.10. The van der Waals surface area contributed by atoms with E-state index in [1.807, 2.05) is 24.3 Å². The molecule has 2 aromatic rings. The SMILES string of the molecule is O=C1/C(=C/c2cc([N+](=O)[O-])ccc2N2CCOCC2)SC(=S)N1c1ccc(Br)cc1. The van der Waals surface area contributed by atoms with Crippen molar-refractivity contribution in [3.8, 4) is 0 Å². The van der Waals surface area contributed by atoms with Crippen LogP contribution in [-0.4, -0.2) is 41.5 Å². The lowest BCUT2D eigenvalue weighted by atomic mass is 10.1. The number of ether oxygens (including phenoxy) is 1. The molecule has 7 nitrogen and oxygen atoms in total. The van der Waals surface area contributed by atoms with Gasteiger partial charge in [0, 0.05) is 40.9 Å². The number of hydrogen-bond donors (Lipinski definition) is 0. The minimum absolute atomic E-state index is 0.0263. The van der Waals surface area contributed by atoms with E-state index in [-0.39, 0.29) is 11.6 Å². The van der Waals surface area contributed by atoms with Gasteiger partial charge in [0.1, 0.15) is 0 Å². The van der Waals surface area contributed by atoms with Gasteiger partial charge in [0.05, 0.1) is 28.7 Å². The van der Waals surface area contributed by atoms with Crippen LogP contribution in [-0.2, 0) is 9.53 Å². The summed E-state index contributed by atoms with van der Waals surface area (Å²) in [4.78, 5) is 28.0. The molecule has 2 heterocycles. The van der Waals surface area contributed by atoms with Crippen molar-refractivity contribution in [1.29, 1.82) is 0 Å². The maximum Gasteiger partial charge on any atom is 0.270 e. The van der Waals surface area contributed by atoms with Crippen molar-refractivity contribution in [3.05, 3.63) is 67.5 Å². The Morgan fingerprint density at radius 2 is 1.87 bits per heavy atom.